The first kappa shape index (κ1) is 20.8. The van der Waals surface area contributed by atoms with Crippen molar-refractivity contribution < 1.29 is 23.1 Å². The molecule has 32 heavy (non-hydrogen) atoms. The van der Waals surface area contributed by atoms with Gasteiger partial charge in [-0.3, -0.25) is 4.79 Å². The highest BCUT2D eigenvalue weighted by molar-refractivity contribution is 5.92. The number of likely N-dealkylation sites (tertiary alicyclic amines) is 1. The van der Waals surface area contributed by atoms with Gasteiger partial charge in [-0.2, -0.15) is 5.10 Å². The Morgan fingerprint density at radius 1 is 1.25 bits per heavy atom. The van der Waals surface area contributed by atoms with E-state index >= 15 is 0 Å². The molecule has 1 amide bonds. The minimum absolute atomic E-state index is 0.124. The number of halogens is 1. The molecule has 2 aliphatic heterocycles. The fraction of sp³-hybridized carbons (Fsp3) is 0.435. The van der Waals surface area contributed by atoms with E-state index in [1.54, 1.807) is 46.2 Å². The second-order valence-corrected chi connectivity index (χ2v) is 8.52. The summed E-state index contributed by atoms with van der Waals surface area (Å²) in [4.78, 5) is 18.4. The van der Waals surface area contributed by atoms with E-state index in [1.807, 2.05) is 0 Å². The molecule has 1 unspecified atom stereocenters. The predicted molar refractivity (Wildman–Crippen MR) is 111 cm³/mol. The Morgan fingerprint density at radius 3 is 2.94 bits per heavy atom. The number of ether oxygens (including phenoxy) is 2. The molecule has 168 valence electrons. The first-order valence-electron chi connectivity index (χ1n) is 10.8. The number of hydrogen-bond acceptors (Lipinski definition) is 6. The topological polar surface area (TPSA) is 82.6 Å². The van der Waals surface area contributed by atoms with Crippen LogP contribution >= 0.6 is 0 Å². The Hall–Kier alpha value is -3.04. The summed E-state index contributed by atoms with van der Waals surface area (Å²) < 4.78 is 32.7. The molecule has 0 N–H and O–H groups in total. The van der Waals surface area contributed by atoms with Crippen LogP contribution < -0.4 is 0 Å². The van der Waals surface area contributed by atoms with Gasteiger partial charge in [-0.1, -0.05) is 18.2 Å². The molecule has 5 rings (SSSR count). The van der Waals surface area contributed by atoms with Gasteiger partial charge in [0, 0.05) is 12.2 Å². The van der Waals surface area contributed by atoms with Crippen molar-refractivity contribution >= 4 is 5.91 Å². The number of rotatable bonds is 8. The smallest absolute Gasteiger partial charge is 0.289 e. The summed E-state index contributed by atoms with van der Waals surface area (Å²) >= 11 is 0. The van der Waals surface area contributed by atoms with Crippen LogP contribution in [-0.2, 0) is 22.6 Å². The Morgan fingerprint density at radius 2 is 2.12 bits per heavy atom. The summed E-state index contributed by atoms with van der Waals surface area (Å²) in [7, 11) is 0. The fourth-order valence-electron chi connectivity index (χ4n) is 4.39. The lowest BCUT2D eigenvalue weighted by atomic mass is 9.86. The largest absolute Gasteiger partial charge is 0.454 e. The summed E-state index contributed by atoms with van der Waals surface area (Å²) in [6.07, 6.45) is 4.81. The van der Waals surface area contributed by atoms with E-state index in [-0.39, 0.29) is 23.9 Å². The van der Waals surface area contributed by atoms with Gasteiger partial charge in [-0.25, -0.2) is 14.1 Å². The quantitative estimate of drug-likeness (QED) is 0.501. The molecular weight excluding hydrogens is 415 g/mol. The van der Waals surface area contributed by atoms with E-state index in [0.717, 1.165) is 12.8 Å². The average Bonchev–Trinajstić information content (AvgIpc) is 3.52. The van der Waals surface area contributed by atoms with Gasteiger partial charge in [0.15, 0.2) is 5.76 Å². The van der Waals surface area contributed by atoms with E-state index in [2.05, 4.69) is 10.1 Å². The molecule has 2 saturated heterocycles. The fourth-order valence-corrected chi connectivity index (χ4v) is 4.39. The molecule has 2 fully saturated rings. The van der Waals surface area contributed by atoms with Gasteiger partial charge >= 0.3 is 0 Å². The normalized spacial score (nSPS) is 19.4. The summed E-state index contributed by atoms with van der Waals surface area (Å²) in [6.45, 7) is 3.06. The van der Waals surface area contributed by atoms with Crippen molar-refractivity contribution in [1.82, 2.24) is 19.7 Å². The summed E-state index contributed by atoms with van der Waals surface area (Å²) in [5.74, 6) is 0.996. The molecule has 0 radical (unpaired) electrons. The molecule has 3 aromatic rings. The lowest BCUT2D eigenvalue weighted by Crippen LogP contribution is -2.63. The van der Waals surface area contributed by atoms with Crippen molar-refractivity contribution in [3.8, 4) is 0 Å². The SMILES string of the molecule is O=C(c1ccc(Cn2cncn2)o1)N1CC2(CC(CCOCc3ccccc3F)CO2)C1. The number of hydrogen-bond donors (Lipinski definition) is 0. The van der Waals surface area contributed by atoms with Gasteiger partial charge in [0.1, 0.15) is 36.4 Å². The minimum Gasteiger partial charge on any atom is -0.454 e. The van der Waals surface area contributed by atoms with Crippen molar-refractivity contribution in [2.75, 3.05) is 26.3 Å². The molecule has 1 aromatic carbocycles. The number of furan rings is 1. The average molecular weight is 440 g/mol. The third kappa shape index (κ3) is 4.44. The van der Waals surface area contributed by atoms with Gasteiger partial charge in [0.2, 0.25) is 0 Å². The van der Waals surface area contributed by atoms with E-state index in [4.69, 9.17) is 13.9 Å². The zero-order chi connectivity index (χ0) is 22.0. The molecule has 0 saturated carbocycles. The van der Waals surface area contributed by atoms with Crippen LogP contribution in [0.15, 0.2) is 53.5 Å². The number of benzene rings is 1. The van der Waals surface area contributed by atoms with E-state index in [0.29, 0.717) is 55.8 Å². The summed E-state index contributed by atoms with van der Waals surface area (Å²) in [5.41, 5.74) is 0.310. The first-order chi connectivity index (χ1) is 15.6. The molecule has 2 aliphatic rings. The second-order valence-electron chi connectivity index (χ2n) is 8.52. The second kappa shape index (κ2) is 8.84. The van der Waals surface area contributed by atoms with Crippen LogP contribution in [0.25, 0.3) is 0 Å². The van der Waals surface area contributed by atoms with Crippen molar-refractivity contribution in [2.45, 2.75) is 31.6 Å². The monoisotopic (exact) mass is 440 g/mol. The third-order valence-corrected chi connectivity index (χ3v) is 6.07. The highest BCUT2D eigenvalue weighted by Crippen LogP contribution is 2.39. The number of amides is 1. The Kier molecular flexibility index (Phi) is 5.75. The lowest BCUT2D eigenvalue weighted by Gasteiger charge is -2.46. The molecule has 1 atom stereocenters. The van der Waals surface area contributed by atoms with E-state index in [9.17, 15) is 9.18 Å². The van der Waals surface area contributed by atoms with Crippen LogP contribution in [-0.4, -0.2) is 57.5 Å². The van der Waals surface area contributed by atoms with Crippen LogP contribution in [0.3, 0.4) is 0 Å². The molecule has 0 aliphatic carbocycles. The van der Waals surface area contributed by atoms with Crippen LogP contribution in [0.2, 0.25) is 0 Å². The van der Waals surface area contributed by atoms with Crippen LogP contribution in [0.5, 0.6) is 0 Å². The van der Waals surface area contributed by atoms with Crippen LogP contribution in [0.4, 0.5) is 4.39 Å². The zero-order valence-electron chi connectivity index (χ0n) is 17.7. The van der Waals surface area contributed by atoms with Gasteiger partial charge in [0.25, 0.3) is 5.91 Å². The van der Waals surface area contributed by atoms with Crippen LogP contribution in [0, 0.1) is 11.7 Å². The van der Waals surface area contributed by atoms with E-state index in [1.165, 1.54) is 12.4 Å². The summed E-state index contributed by atoms with van der Waals surface area (Å²) in [6, 6.07) is 10.1. The molecule has 8 nitrogen and oxygen atoms in total. The number of carbonyl (C=O) groups is 1. The first-order valence-corrected chi connectivity index (χ1v) is 10.8. The van der Waals surface area contributed by atoms with E-state index < -0.39 is 0 Å². The Bertz CT molecular complexity index is 1060. The number of carbonyl (C=O) groups excluding carboxylic acids is 1. The maximum absolute atomic E-state index is 13.6. The van der Waals surface area contributed by atoms with Crippen molar-refractivity contribution in [1.29, 1.82) is 0 Å². The lowest BCUT2D eigenvalue weighted by molar-refractivity contribution is -0.0957. The van der Waals surface area contributed by atoms with Gasteiger partial charge in [-0.15, -0.1) is 0 Å². The van der Waals surface area contributed by atoms with Gasteiger partial charge < -0.3 is 18.8 Å². The number of nitrogens with zero attached hydrogens (tertiary/aromatic N) is 4. The number of aromatic nitrogens is 3. The molecule has 0 bridgehead atoms. The third-order valence-electron chi connectivity index (χ3n) is 6.07. The molecule has 2 aromatic heterocycles. The van der Waals surface area contributed by atoms with Gasteiger partial charge in [-0.05, 0) is 37.0 Å². The molecule has 9 heteroatoms. The Balaban J connectivity index is 1.05. The maximum Gasteiger partial charge on any atom is 0.289 e. The molecule has 1 spiro atoms. The van der Waals surface area contributed by atoms with Crippen molar-refractivity contribution in [3.05, 3.63) is 72.0 Å². The molecule has 4 heterocycles. The van der Waals surface area contributed by atoms with Crippen molar-refractivity contribution in [2.24, 2.45) is 5.92 Å². The van der Waals surface area contributed by atoms with Crippen molar-refractivity contribution in [3.63, 3.8) is 0 Å². The van der Waals surface area contributed by atoms with Gasteiger partial charge in [0.05, 0.1) is 26.3 Å². The minimum atomic E-state index is -0.262. The van der Waals surface area contributed by atoms with Crippen LogP contribution in [0.1, 0.15) is 34.7 Å². The standard InChI is InChI=1S/C23H25FN4O4/c24-20-4-2-1-3-18(20)12-30-8-7-17-9-23(31-11-17)13-27(14-23)22(29)21-6-5-19(32-21)10-28-16-25-15-26-28/h1-6,15-17H,7-14H2. The Labute approximate surface area is 184 Å². The zero-order valence-corrected chi connectivity index (χ0v) is 17.7. The highest BCUT2D eigenvalue weighted by Gasteiger charge is 2.51. The summed E-state index contributed by atoms with van der Waals surface area (Å²) in [5, 5.41) is 4.04. The predicted octanol–water partition coefficient (Wildman–Crippen LogP) is 2.90. The molecular formula is C23H25FN4O4. The highest BCUT2D eigenvalue weighted by atomic mass is 19.1. The maximum atomic E-state index is 13.6.